The summed E-state index contributed by atoms with van der Waals surface area (Å²) in [7, 11) is 0. The third-order valence-electron chi connectivity index (χ3n) is 6.84. The average molecular weight is 292 g/mol. The number of fused-ring (bicyclic) bond motifs is 1. The average Bonchev–Trinajstić information content (AvgIpc) is 2.52. The van der Waals surface area contributed by atoms with Crippen LogP contribution in [-0.2, 0) is 6.54 Å². The molecule has 0 spiro atoms. The van der Waals surface area contributed by atoms with Crippen LogP contribution in [0.1, 0.15) is 44.9 Å². The van der Waals surface area contributed by atoms with Crippen molar-refractivity contribution in [1.82, 2.24) is 0 Å². The van der Waals surface area contributed by atoms with Crippen LogP contribution >= 0.6 is 0 Å². The molecular formula is C21H26N+. The van der Waals surface area contributed by atoms with E-state index < -0.39 is 0 Å². The van der Waals surface area contributed by atoms with Crippen LogP contribution < -0.4 is 4.57 Å². The van der Waals surface area contributed by atoms with Crippen molar-refractivity contribution in [2.24, 2.45) is 23.2 Å². The highest BCUT2D eigenvalue weighted by Gasteiger charge is 2.50. The Labute approximate surface area is 133 Å². The molecule has 1 heterocycles. The fourth-order valence-corrected chi connectivity index (χ4v) is 6.37. The van der Waals surface area contributed by atoms with Crippen molar-refractivity contribution < 1.29 is 4.57 Å². The van der Waals surface area contributed by atoms with Crippen molar-refractivity contribution in [1.29, 1.82) is 0 Å². The molecule has 1 aromatic heterocycles. The summed E-state index contributed by atoms with van der Waals surface area (Å²) in [6.45, 7) is 1.20. The molecule has 0 atom stereocenters. The normalized spacial score (nSPS) is 36.1. The molecule has 0 aliphatic heterocycles. The van der Waals surface area contributed by atoms with Crippen molar-refractivity contribution in [3.8, 4) is 0 Å². The highest BCUT2D eigenvalue weighted by Crippen LogP contribution is 2.61. The van der Waals surface area contributed by atoms with Gasteiger partial charge in [-0.2, -0.15) is 4.57 Å². The van der Waals surface area contributed by atoms with Crippen molar-refractivity contribution in [3.05, 3.63) is 42.6 Å². The van der Waals surface area contributed by atoms with Crippen LogP contribution in [0, 0.1) is 23.2 Å². The molecule has 0 N–H and O–H groups in total. The van der Waals surface area contributed by atoms with E-state index in [0.29, 0.717) is 5.41 Å². The van der Waals surface area contributed by atoms with Crippen LogP contribution in [0.25, 0.3) is 10.9 Å². The van der Waals surface area contributed by atoms with E-state index in [0.717, 1.165) is 17.8 Å². The largest absolute Gasteiger partial charge is 0.212 e. The molecule has 1 nitrogen and oxygen atoms in total. The van der Waals surface area contributed by atoms with E-state index in [1.807, 2.05) is 0 Å². The van der Waals surface area contributed by atoms with Crippen LogP contribution in [0.5, 0.6) is 0 Å². The summed E-state index contributed by atoms with van der Waals surface area (Å²) < 4.78 is 2.49. The predicted octanol–water partition coefficient (Wildman–Crippen LogP) is 4.73. The number of aryl methyl sites for hydroxylation is 1. The van der Waals surface area contributed by atoms with Crippen molar-refractivity contribution in [3.63, 3.8) is 0 Å². The summed E-state index contributed by atoms with van der Waals surface area (Å²) in [5.74, 6) is 3.22. The topological polar surface area (TPSA) is 3.88 Å². The monoisotopic (exact) mass is 292 g/mol. The standard InChI is InChI=1S/C21H26N/c1-2-6-20-19(4-1)5-3-8-22(20)9-7-21-13-16-10-17(14-21)12-18(11-16)15-21/h1-6,8,16-18H,7,9-15H2/q+1. The second-order valence-corrected chi connectivity index (χ2v) is 8.43. The number of aromatic nitrogens is 1. The SMILES string of the molecule is c1ccc2c(c1)ccc[n+]2CCC12CC3CC(CC(C3)C1)C2. The quantitative estimate of drug-likeness (QED) is 0.720. The van der Waals surface area contributed by atoms with Crippen LogP contribution in [0.3, 0.4) is 0 Å². The Morgan fingerprint density at radius 2 is 1.50 bits per heavy atom. The minimum atomic E-state index is 0.693. The molecule has 0 unspecified atom stereocenters. The van der Waals surface area contributed by atoms with Gasteiger partial charge in [-0.15, -0.1) is 0 Å². The summed E-state index contributed by atoms with van der Waals surface area (Å²) in [5.41, 5.74) is 2.09. The Balaban J connectivity index is 1.40. The third-order valence-corrected chi connectivity index (χ3v) is 6.84. The van der Waals surface area contributed by atoms with Gasteiger partial charge in [0.2, 0.25) is 5.52 Å². The molecule has 114 valence electrons. The molecule has 2 aromatic rings. The zero-order chi connectivity index (χ0) is 14.6. The Bertz CT molecular complexity index is 661. The Kier molecular flexibility index (Phi) is 2.87. The Hall–Kier alpha value is -1.37. The van der Waals surface area contributed by atoms with Gasteiger partial charge < -0.3 is 0 Å². The van der Waals surface area contributed by atoms with Gasteiger partial charge in [0.15, 0.2) is 6.20 Å². The number of hydrogen-bond acceptors (Lipinski definition) is 0. The zero-order valence-electron chi connectivity index (χ0n) is 13.4. The number of hydrogen-bond donors (Lipinski definition) is 0. The zero-order valence-corrected chi connectivity index (χ0v) is 13.4. The van der Waals surface area contributed by atoms with Crippen LogP contribution in [-0.4, -0.2) is 0 Å². The molecule has 0 saturated heterocycles. The molecule has 4 bridgehead atoms. The first kappa shape index (κ1) is 13.1. The third kappa shape index (κ3) is 2.09. The predicted molar refractivity (Wildman–Crippen MR) is 89.4 cm³/mol. The Morgan fingerprint density at radius 1 is 0.864 bits per heavy atom. The van der Waals surface area contributed by atoms with Crippen LogP contribution in [0.2, 0.25) is 0 Å². The summed E-state index contributed by atoms with van der Waals surface area (Å²) in [4.78, 5) is 0. The second kappa shape index (κ2) is 4.81. The van der Waals surface area contributed by atoms with Gasteiger partial charge >= 0.3 is 0 Å². The van der Waals surface area contributed by atoms with Crippen LogP contribution in [0.4, 0.5) is 0 Å². The van der Waals surface area contributed by atoms with Crippen molar-refractivity contribution in [2.45, 2.75) is 51.5 Å². The molecule has 4 aliphatic rings. The van der Waals surface area contributed by atoms with Gasteiger partial charge in [0.1, 0.15) is 6.54 Å². The summed E-state index contributed by atoms with van der Waals surface area (Å²) in [6.07, 6.45) is 12.9. The van der Waals surface area contributed by atoms with Gasteiger partial charge in [-0.25, -0.2) is 0 Å². The number of benzene rings is 1. The number of nitrogens with zero attached hydrogens (tertiary/aromatic N) is 1. The molecular weight excluding hydrogens is 266 g/mol. The van der Waals surface area contributed by atoms with Gasteiger partial charge in [0.25, 0.3) is 0 Å². The molecule has 0 amide bonds. The maximum absolute atomic E-state index is 2.49. The van der Waals surface area contributed by atoms with Gasteiger partial charge in [-0.1, -0.05) is 12.1 Å². The van der Waals surface area contributed by atoms with E-state index in [9.17, 15) is 0 Å². The highest BCUT2D eigenvalue weighted by atomic mass is 14.9. The van der Waals surface area contributed by atoms with E-state index in [1.165, 1.54) is 43.1 Å². The van der Waals surface area contributed by atoms with Crippen LogP contribution in [0.15, 0.2) is 42.6 Å². The summed E-state index contributed by atoms with van der Waals surface area (Å²) in [5, 5.41) is 1.37. The van der Waals surface area contributed by atoms with E-state index in [2.05, 4.69) is 47.2 Å². The fraction of sp³-hybridized carbons (Fsp3) is 0.571. The van der Waals surface area contributed by atoms with E-state index in [4.69, 9.17) is 0 Å². The van der Waals surface area contributed by atoms with E-state index >= 15 is 0 Å². The number of pyridine rings is 1. The molecule has 0 radical (unpaired) electrons. The first-order valence-corrected chi connectivity index (χ1v) is 9.17. The van der Waals surface area contributed by atoms with Crippen molar-refractivity contribution >= 4 is 10.9 Å². The minimum Gasteiger partial charge on any atom is -0.198 e. The lowest BCUT2D eigenvalue weighted by atomic mass is 9.49. The second-order valence-electron chi connectivity index (χ2n) is 8.43. The smallest absolute Gasteiger partial charge is 0.198 e. The summed E-state index contributed by atoms with van der Waals surface area (Å²) >= 11 is 0. The van der Waals surface area contributed by atoms with E-state index in [-0.39, 0.29) is 0 Å². The molecule has 4 aliphatic carbocycles. The number of rotatable bonds is 3. The fourth-order valence-electron chi connectivity index (χ4n) is 6.37. The Morgan fingerprint density at radius 3 is 2.23 bits per heavy atom. The molecule has 4 saturated carbocycles. The molecule has 22 heavy (non-hydrogen) atoms. The van der Waals surface area contributed by atoms with Gasteiger partial charge in [-0.05, 0) is 73.8 Å². The molecule has 1 heteroatoms. The lowest BCUT2D eigenvalue weighted by molar-refractivity contribution is -0.674. The first-order chi connectivity index (χ1) is 10.8. The maximum atomic E-state index is 2.49. The van der Waals surface area contributed by atoms with Gasteiger partial charge in [0.05, 0.1) is 0 Å². The minimum absolute atomic E-state index is 0.693. The molecule has 6 rings (SSSR count). The van der Waals surface area contributed by atoms with Crippen molar-refractivity contribution in [2.75, 3.05) is 0 Å². The maximum Gasteiger partial charge on any atom is 0.212 e. The lowest BCUT2D eigenvalue weighted by Crippen LogP contribution is -2.48. The number of para-hydroxylation sites is 1. The molecule has 4 fully saturated rings. The molecule has 1 aromatic carbocycles. The van der Waals surface area contributed by atoms with Gasteiger partial charge in [-0.3, -0.25) is 0 Å². The first-order valence-electron chi connectivity index (χ1n) is 9.17. The summed E-state index contributed by atoms with van der Waals surface area (Å²) in [6, 6.07) is 13.3. The van der Waals surface area contributed by atoms with E-state index in [1.54, 1.807) is 19.3 Å². The highest BCUT2D eigenvalue weighted by molar-refractivity contribution is 5.74. The van der Waals surface area contributed by atoms with Gasteiger partial charge in [0, 0.05) is 23.9 Å². The lowest BCUT2D eigenvalue weighted by Gasteiger charge is -2.56.